The molecule has 0 bridgehead atoms. The Hall–Kier alpha value is -6.85. The maximum atomic E-state index is 11.4. The van der Waals surface area contributed by atoms with E-state index in [1.807, 2.05) is 115 Å². The molecule has 0 atom stereocenters. The van der Waals surface area contributed by atoms with E-state index >= 15 is 0 Å². The van der Waals surface area contributed by atoms with Crippen molar-refractivity contribution in [2.24, 2.45) is 0 Å². The first-order valence-corrected chi connectivity index (χ1v) is 16.5. The van der Waals surface area contributed by atoms with E-state index in [2.05, 4.69) is 48.5 Å². The minimum Gasteiger partial charge on any atom is -0.507 e. The fourth-order valence-electron chi connectivity index (χ4n) is 6.65. The van der Waals surface area contributed by atoms with Crippen molar-refractivity contribution < 1.29 is 9.52 Å². The Morgan fingerprint density at radius 3 is 1.60 bits per heavy atom. The van der Waals surface area contributed by atoms with Crippen LogP contribution in [-0.2, 0) is 0 Å². The largest absolute Gasteiger partial charge is 0.507 e. The Kier molecular flexibility index (Phi) is 7.21. The Balaban J connectivity index is 1.15. The molecule has 0 aliphatic carbocycles. The van der Waals surface area contributed by atoms with Crippen LogP contribution in [0.15, 0.2) is 174 Å². The molecule has 0 saturated carbocycles. The van der Waals surface area contributed by atoms with Gasteiger partial charge in [-0.05, 0) is 46.0 Å². The minimum absolute atomic E-state index is 0.147. The van der Waals surface area contributed by atoms with Crippen LogP contribution < -0.4 is 0 Å². The maximum absolute atomic E-state index is 11.4. The first-order valence-electron chi connectivity index (χ1n) is 16.5. The van der Waals surface area contributed by atoms with Gasteiger partial charge in [0.05, 0.1) is 0 Å². The normalized spacial score (nSPS) is 11.3. The lowest BCUT2D eigenvalue weighted by molar-refractivity contribution is 0.477. The number of benzene rings is 7. The molecule has 0 saturated heterocycles. The van der Waals surface area contributed by atoms with Crippen molar-refractivity contribution in [2.45, 2.75) is 0 Å². The van der Waals surface area contributed by atoms with E-state index in [0.29, 0.717) is 28.6 Å². The molecule has 5 nitrogen and oxygen atoms in total. The van der Waals surface area contributed by atoms with Crippen molar-refractivity contribution in [1.29, 1.82) is 0 Å². The summed E-state index contributed by atoms with van der Waals surface area (Å²) in [4.78, 5) is 14.9. The van der Waals surface area contributed by atoms with E-state index in [9.17, 15) is 5.11 Å². The minimum atomic E-state index is 0.147. The average molecular weight is 644 g/mol. The third-order valence-corrected chi connectivity index (χ3v) is 9.09. The molecule has 0 unspecified atom stereocenters. The van der Waals surface area contributed by atoms with Crippen LogP contribution in [0.4, 0.5) is 0 Å². The Morgan fingerprint density at radius 2 is 0.860 bits per heavy atom. The predicted molar refractivity (Wildman–Crippen MR) is 201 cm³/mol. The van der Waals surface area contributed by atoms with Gasteiger partial charge in [0.15, 0.2) is 17.5 Å². The second-order valence-electron chi connectivity index (χ2n) is 12.2. The van der Waals surface area contributed by atoms with Crippen molar-refractivity contribution in [3.63, 3.8) is 0 Å². The van der Waals surface area contributed by atoms with E-state index in [4.69, 9.17) is 19.4 Å². The van der Waals surface area contributed by atoms with Gasteiger partial charge in [-0.15, -0.1) is 0 Å². The van der Waals surface area contributed by atoms with E-state index < -0.39 is 0 Å². The molecular weight excluding hydrogens is 615 g/mol. The summed E-state index contributed by atoms with van der Waals surface area (Å²) in [5, 5.41) is 13.5. The van der Waals surface area contributed by atoms with Gasteiger partial charge in [0.2, 0.25) is 0 Å². The Bertz CT molecular complexity index is 2630. The van der Waals surface area contributed by atoms with Gasteiger partial charge in [0.25, 0.3) is 0 Å². The van der Waals surface area contributed by atoms with Crippen molar-refractivity contribution in [1.82, 2.24) is 15.0 Å². The number of furan rings is 1. The lowest BCUT2D eigenvalue weighted by atomic mass is 9.94. The highest BCUT2D eigenvalue weighted by Gasteiger charge is 2.19. The second kappa shape index (κ2) is 12.3. The van der Waals surface area contributed by atoms with Gasteiger partial charge < -0.3 is 9.52 Å². The van der Waals surface area contributed by atoms with E-state index in [1.54, 1.807) is 6.07 Å². The van der Waals surface area contributed by atoms with Gasteiger partial charge in [-0.25, -0.2) is 15.0 Å². The van der Waals surface area contributed by atoms with Crippen LogP contribution in [0.2, 0.25) is 0 Å². The zero-order valence-electron chi connectivity index (χ0n) is 26.9. The van der Waals surface area contributed by atoms with Gasteiger partial charge in [-0.3, -0.25) is 0 Å². The molecule has 50 heavy (non-hydrogen) atoms. The van der Waals surface area contributed by atoms with Crippen LogP contribution in [0.25, 0.3) is 89.5 Å². The number of hydrogen-bond acceptors (Lipinski definition) is 5. The predicted octanol–water partition coefficient (Wildman–Crippen LogP) is 11.5. The van der Waals surface area contributed by atoms with Crippen molar-refractivity contribution in [3.05, 3.63) is 170 Å². The average Bonchev–Trinajstić information content (AvgIpc) is 3.58. The topological polar surface area (TPSA) is 72.0 Å². The molecule has 0 radical (unpaired) electrons. The fraction of sp³-hybridized carbons (Fsp3) is 0. The molecule has 0 aliphatic rings. The number of phenolic OH excluding ortho intramolecular Hbond substituents is 1. The monoisotopic (exact) mass is 643 g/mol. The van der Waals surface area contributed by atoms with E-state index in [1.165, 1.54) is 0 Å². The molecule has 236 valence electrons. The van der Waals surface area contributed by atoms with Gasteiger partial charge >= 0.3 is 0 Å². The zero-order chi connectivity index (χ0) is 33.4. The van der Waals surface area contributed by atoms with E-state index in [-0.39, 0.29) is 5.75 Å². The summed E-state index contributed by atoms with van der Waals surface area (Å²) in [6, 6.07) is 56.5. The first-order chi connectivity index (χ1) is 24.7. The molecule has 0 amide bonds. The standard InChI is InChI=1S/C45H29N3O2/c49-38-18-9-17-37(41(38)32-25-23-31(24-26-32)35-16-10-20-40-42(35)36-15-7-8-19-39(36)50-40)45-47-43(33-13-5-2-6-14-33)46-44(48-45)34-27-21-30(22-28-34)29-11-3-1-4-12-29/h1-28,49H. The van der Waals surface area contributed by atoms with Crippen LogP contribution in [0.1, 0.15) is 0 Å². The highest BCUT2D eigenvalue weighted by molar-refractivity contribution is 6.12. The Morgan fingerprint density at radius 1 is 0.360 bits per heavy atom. The van der Waals surface area contributed by atoms with Crippen LogP contribution in [-0.4, -0.2) is 20.1 Å². The SMILES string of the molecule is Oc1cccc(-c2nc(-c3ccccc3)nc(-c3ccc(-c4ccccc4)cc3)n2)c1-c1ccc(-c2cccc3oc4ccccc4c23)cc1. The number of nitrogens with zero attached hydrogens (tertiary/aromatic N) is 3. The van der Waals surface area contributed by atoms with E-state index in [0.717, 1.165) is 60.9 Å². The summed E-state index contributed by atoms with van der Waals surface area (Å²) in [6.07, 6.45) is 0. The molecule has 0 spiro atoms. The number of hydrogen-bond donors (Lipinski definition) is 1. The van der Waals surface area contributed by atoms with Gasteiger partial charge in [0.1, 0.15) is 16.9 Å². The summed E-state index contributed by atoms with van der Waals surface area (Å²) in [7, 11) is 0. The number of fused-ring (bicyclic) bond motifs is 3. The molecule has 0 fully saturated rings. The smallest absolute Gasteiger partial charge is 0.164 e. The molecule has 0 aliphatic heterocycles. The third-order valence-electron chi connectivity index (χ3n) is 9.09. The zero-order valence-corrected chi connectivity index (χ0v) is 26.9. The van der Waals surface area contributed by atoms with Crippen LogP contribution in [0.5, 0.6) is 5.75 Å². The lowest BCUT2D eigenvalue weighted by Gasteiger charge is -2.14. The van der Waals surface area contributed by atoms with Gasteiger partial charge in [-0.2, -0.15) is 0 Å². The van der Waals surface area contributed by atoms with Crippen LogP contribution in [0, 0.1) is 0 Å². The first kappa shape index (κ1) is 29.3. The number of rotatable bonds is 6. The summed E-state index contributed by atoms with van der Waals surface area (Å²) < 4.78 is 6.15. The van der Waals surface area contributed by atoms with Crippen LogP contribution in [0.3, 0.4) is 0 Å². The van der Waals surface area contributed by atoms with Gasteiger partial charge in [-0.1, -0.05) is 152 Å². The number of para-hydroxylation sites is 1. The molecule has 2 aromatic heterocycles. The summed E-state index contributed by atoms with van der Waals surface area (Å²) in [5.74, 6) is 1.74. The molecule has 7 aromatic carbocycles. The van der Waals surface area contributed by atoms with Crippen molar-refractivity contribution in [2.75, 3.05) is 0 Å². The lowest BCUT2D eigenvalue weighted by Crippen LogP contribution is -2.01. The van der Waals surface area contributed by atoms with Crippen molar-refractivity contribution >= 4 is 21.9 Å². The number of aromatic hydroxyl groups is 1. The molecule has 9 rings (SSSR count). The molecular formula is C45H29N3O2. The fourth-order valence-corrected chi connectivity index (χ4v) is 6.65. The molecule has 1 N–H and O–H groups in total. The summed E-state index contributed by atoms with van der Waals surface area (Å²) in [5.41, 5.74) is 10.1. The quantitative estimate of drug-likeness (QED) is 0.195. The highest BCUT2D eigenvalue weighted by Crippen LogP contribution is 2.41. The highest BCUT2D eigenvalue weighted by atomic mass is 16.3. The third kappa shape index (κ3) is 5.27. The molecule has 2 heterocycles. The Labute approximate surface area is 288 Å². The second-order valence-corrected chi connectivity index (χ2v) is 12.2. The number of aromatic nitrogens is 3. The maximum Gasteiger partial charge on any atom is 0.164 e. The summed E-state index contributed by atoms with van der Waals surface area (Å²) in [6.45, 7) is 0. The van der Waals surface area contributed by atoms with Crippen LogP contribution >= 0.6 is 0 Å². The summed E-state index contributed by atoms with van der Waals surface area (Å²) >= 11 is 0. The molecule has 9 aromatic rings. The molecule has 5 heteroatoms. The van der Waals surface area contributed by atoms with Crippen molar-refractivity contribution in [3.8, 4) is 73.3 Å². The van der Waals surface area contributed by atoms with Gasteiger partial charge in [0, 0.05) is 33.0 Å². The number of phenols is 1.